The van der Waals surface area contributed by atoms with E-state index in [9.17, 15) is 4.79 Å². The maximum absolute atomic E-state index is 12.2. The maximum Gasteiger partial charge on any atom is 0.141 e. The van der Waals surface area contributed by atoms with E-state index in [1.165, 1.54) is 0 Å². The third-order valence-corrected chi connectivity index (χ3v) is 4.53. The van der Waals surface area contributed by atoms with Gasteiger partial charge in [-0.3, -0.25) is 4.79 Å². The Morgan fingerprint density at radius 2 is 2.05 bits per heavy atom. The van der Waals surface area contributed by atoms with Crippen molar-refractivity contribution in [2.24, 2.45) is 5.41 Å². The summed E-state index contributed by atoms with van der Waals surface area (Å²) in [7, 11) is 1.66. The number of methoxy groups -OCH3 is 1. The molecule has 1 aliphatic carbocycles. The summed E-state index contributed by atoms with van der Waals surface area (Å²) in [5.74, 6) is 1.26. The normalized spacial score (nSPS) is 30.8. The van der Waals surface area contributed by atoms with Gasteiger partial charge in [0.2, 0.25) is 0 Å². The topological polar surface area (TPSA) is 35.5 Å². The van der Waals surface area contributed by atoms with Crippen LogP contribution in [0.5, 0.6) is 5.75 Å². The Kier molecular flexibility index (Phi) is 3.31. The average Bonchev–Trinajstić information content (AvgIpc) is 2.88. The summed E-state index contributed by atoms with van der Waals surface area (Å²) in [6.45, 7) is 0.600. The summed E-state index contributed by atoms with van der Waals surface area (Å²) in [4.78, 5) is 12.2. The fourth-order valence-electron chi connectivity index (χ4n) is 3.29. The van der Waals surface area contributed by atoms with Crippen molar-refractivity contribution in [3.63, 3.8) is 0 Å². The smallest absolute Gasteiger partial charge is 0.141 e. The molecule has 1 aromatic carbocycles. The second kappa shape index (κ2) is 4.97. The Bertz CT molecular complexity index is 465. The van der Waals surface area contributed by atoms with Crippen molar-refractivity contribution in [2.45, 2.75) is 38.2 Å². The SMILES string of the molecule is COc1ccc([C@H]2C[C@]3(CCCCC3=O)CO2)cc1. The molecule has 2 aliphatic rings. The van der Waals surface area contributed by atoms with E-state index in [4.69, 9.17) is 9.47 Å². The van der Waals surface area contributed by atoms with Gasteiger partial charge in [-0.1, -0.05) is 18.6 Å². The molecule has 1 saturated heterocycles. The zero-order chi connectivity index (χ0) is 13.3. The van der Waals surface area contributed by atoms with E-state index in [2.05, 4.69) is 0 Å². The predicted molar refractivity (Wildman–Crippen MR) is 72.2 cm³/mol. The highest BCUT2D eigenvalue weighted by atomic mass is 16.5. The second-order valence-electron chi connectivity index (χ2n) is 5.69. The Hall–Kier alpha value is -1.35. The minimum Gasteiger partial charge on any atom is -0.497 e. The number of carbonyl (C=O) groups is 1. The summed E-state index contributed by atoms with van der Waals surface area (Å²) in [6, 6.07) is 7.98. The lowest BCUT2D eigenvalue weighted by Crippen LogP contribution is -2.34. The summed E-state index contributed by atoms with van der Waals surface area (Å²) in [5, 5.41) is 0. The zero-order valence-corrected chi connectivity index (χ0v) is 11.4. The molecule has 3 nitrogen and oxygen atoms in total. The van der Waals surface area contributed by atoms with Gasteiger partial charge in [-0.15, -0.1) is 0 Å². The summed E-state index contributed by atoms with van der Waals surface area (Å²) in [5.41, 5.74) is 0.957. The highest BCUT2D eigenvalue weighted by Gasteiger charge is 2.46. The van der Waals surface area contributed by atoms with E-state index in [1.54, 1.807) is 7.11 Å². The maximum atomic E-state index is 12.2. The number of Topliss-reactive ketones (excluding diaryl/α,β-unsaturated/α-hetero) is 1. The number of ketones is 1. The number of benzene rings is 1. The molecule has 2 fully saturated rings. The number of carbonyl (C=O) groups excluding carboxylic acids is 1. The molecule has 0 amide bonds. The van der Waals surface area contributed by atoms with Crippen LogP contribution < -0.4 is 4.74 Å². The van der Waals surface area contributed by atoms with Gasteiger partial charge >= 0.3 is 0 Å². The lowest BCUT2D eigenvalue weighted by molar-refractivity contribution is -0.131. The number of rotatable bonds is 2. The largest absolute Gasteiger partial charge is 0.497 e. The molecule has 1 saturated carbocycles. The van der Waals surface area contributed by atoms with Gasteiger partial charge in [-0.2, -0.15) is 0 Å². The molecule has 0 radical (unpaired) electrons. The standard InChI is InChI=1S/C16H20O3/c1-18-13-7-5-12(6-8-13)14-10-16(11-19-14)9-3-2-4-15(16)17/h5-8,14H,2-4,9-11H2,1H3/t14-,16-/m1/s1. The van der Waals surface area contributed by atoms with E-state index in [-0.39, 0.29) is 11.5 Å². The van der Waals surface area contributed by atoms with Crippen LogP contribution in [0.1, 0.15) is 43.8 Å². The van der Waals surface area contributed by atoms with Crippen molar-refractivity contribution in [1.82, 2.24) is 0 Å². The molecule has 2 atom stereocenters. The van der Waals surface area contributed by atoms with Crippen LogP contribution in [0.15, 0.2) is 24.3 Å². The third-order valence-electron chi connectivity index (χ3n) is 4.53. The molecule has 3 rings (SSSR count). The third kappa shape index (κ3) is 2.27. The minimum absolute atomic E-state index is 0.0629. The van der Waals surface area contributed by atoms with Gasteiger partial charge in [0.05, 0.1) is 25.2 Å². The number of hydrogen-bond donors (Lipinski definition) is 0. The lowest BCUT2D eigenvalue weighted by atomic mass is 9.71. The molecule has 0 bridgehead atoms. The molecule has 1 aromatic rings. The van der Waals surface area contributed by atoms with E-state index < -0.39 is 0 Å². The molecular weight excluding hydrogens is 240 g/mol. The molecule has 19 heavy (non-hydrogen) atoms. The number of ether oxygens (including phenoxy) is 2. The fraction of sp³-hybridized carbons (Fsp3) is 0.562. The van der Waals surface area contributed by atoms with Crippen LogP contribution in [0.3, 0.4) is 0 Å². The zero-order valence-electron chi connectivity index (χ0n) is 11.4. The van der Waals surface area contributed by atoms with Gasteiger partial charge in [-0.05, 0) is 37.0 Å². The van der Waals surface area contributed by atoms with Crippen molar-refractivity contribution in [3.05, 3.63) is 29.8 Å². The molecule has 0 aromatic heterocycles. The molecule has 102 valence electrons. The molecular formula is C16H20O3. The summed E-state index contributed by atoms with van der Waals surface area (Å²) in [6.07, 6.45) is 4.85. The van der Waals surface area contributed by atoms with Gasteiger partial charge in [-0.25, -0.2) is 0 Å². The van der Waals surface area contributed by atoms with E-state index >= 15 is 0 Å². The van der Waals surface area contributed by atoms with Gasteiger partial charge in [0.1, 0.15) is 11.5 Å². The molecule has 3 heteroatoms. The van der Waals surface area contributed by atoms with Gasteiger partial charge in [0.15, 0.2) is 0 Å². The van der Waals surface area contributed by atoms with Crippen molar-refractivity contribution >= 4 is 5.78 Å². The highest BCUT2D eigenvalue weighted by Crippen LogP contribution is 2.47. The highest BCUT2D eigenvalue weighted by molar-refractivity contribution is 5.86. The van der Waals surface area contributed by atoms with Crippen LogP contribution >= 0.6 is 0 Å². The van der Waals surface area contributed by atoms with Crippen LogP contribution in [-0.4, -0.2) is 19.5 Å². The van der Waals surface area contributed by atoms with Gasteiger partial charge < -0.3 is 9.47 Å². The lowest BCUT2D eigenvalue weighted by Gasteiger charge is -2.30. The minimum atomic E-state index is -0.192. The van der Waals surface area contributed by atoms with Crippen molar-refractivity contribution in [1.29, 1.82) is 0 Å². The Morgan fingerprint density at radius 1 is 1.26 bits per heavy atom. The van der Waals surface area contributed by atoms with Gasteiger partial charge in [0, 0.05) is 6.42 Å². The summed E-state index contributed by atoms with van der Waals surface area (Å²) >= 11 is 0. The van der Waals surface area contributed by atoms with Crippen molar-refractivity contribution in [3.8, 4) is 5.75 Å². The van der Waals surface area contributed by atoms with Crippen LogP contribution in [0, 0.1) is 5.41 Å². The first-order valence-corrected chi connectivity index (χ1v) is 7.02. The van der Waals surface area contributed by atoms with Crippen molar-refractivity contribution in [2.75, 3.05) is 13.7 Å². The van der Waals surface area contributed by atoms with E-state index in [0.717, 1.165) is 43.4 Å². The second-order valence-corrected chi connectivity index (χ2v) is 5.69. The van der Waals surface area contributed by atoms with E-state index in [1.807, 2.05) is 24.3 Å². The van der Waals surface area contributed by atoms with Crippen molar-refractivity contribution < 1.29 is 14.3 Å². The Morgan fingerprint density at radius 3 is 2.74 bits per heavy atom. The fourth-order valence-corrected chi connectivity index (χ4v) is 3.29. The Labute approximate surface area is 113 Å². The molecule has 0 unspecified atom stereocenters. The molecule has 1 spiro atoms. The van der Waals surface area contributed by atoms with Crippen LogP contribution in [0.4, 0.5) is 0 Å². The van der Waals surface area contributed by atoms with Crippen LogP contribution in [-0.2, 0) is 9.53 Å². The molecule has 1 heterocycles. The first-order chi connectivity index (χ1) is 9.23. The molecule has 0 N–H and O–H groups in total. The molecule has 1 aliphatic heterocycles. The Balaban J connectivity index is 1.75. The van der Waals surface area contributed by atoms with E-state index in [0.29, 0.717) is 12.4 Å². The predicted octanol–water partition coefficient (Wildman–Crippen LogP) is 3.29. The van der Waals surface area contributed by atoms with Gasteiger partial charge in [0.25, 0.3) is 0 Å². The summed E-state index contributed by atoms with van der Waals surface area (Å²) < 4.78 is 11.1. The first kappa shape index (κ1) is 12.7. The first-order valence-electron chi connectivity index (χ1n) is 7.02. The van der Waals surface area contributed by atoms with Crippen LogP contribution in [0.25, 0.3) is 0 Å². The monoisotopic (exact) mass is 260 g/mol. The average molecular weight is 260 g/mol. The quantitative estimate of drug-likeness (QED) is 0.818. The number of hydrogen-bond acceptors (Lipinski definition) is 3. The van der Waals surface area contributed by atoms with Crippen LogP contribution in [0.2, 0.25) is 0 Å².